The monoisotopic (exact) mass is 291 g/mol. The Kier molecular flexibility index (Phi) is 2.60. The highest BCUT2D eigenvalue weighted by Crippen LogP contribution is 2.38. The zero-order valence-electron chi connectivity index (χ0n) is 11.6. The number of hydrogen-bond donors (Lipinski definition) is 3. The lowest BCUT2D eigenvalue weighted by atomic mass is 9.90. The second-order valence-corrected chi connectivity index (χ2v) is 5.41. The van der Waals surface area contributed by atoms with Gasteiger partial charge >= 0.3 is 0 Å². The summed E-state index contributed by atoms with van der Waals surface area (Å²) < 4.78 is 0. The van der Waals surface area contributed by atoms with Gasteiger partial charge in [-0.25, -0.2) is 0 Å². The zero-order valence-corrected chi connectivity index (χ0v) is 11.6. The molecule has 4 heteroatoms. The lowest BCUT2D eigenvalue weighted by Gasteiger charge is -2.13. The van der Waals surface area contributed by atoms with Crippen LogP contribution in [-0.4, -0.2) is 16.1 Å². The molecule has 3 N–H and O–H groups in total. The molecule has 0 radical (unpaired) electrons. The number of hydrogen-bond acceptors (Lipinski definition) is 3. The molecule has 1 amide bonds. The maximum atomic E-state index is 12.0. The van der Waals surface area contributed by atoms with E-state index in [0.29, 0.717) is 12.1 Å². The van der Waals surface area contributed by atoms with Crippen molar-refractivity contribution in [2.45, 2.75) is 6.54 Å². The summed E-state index contributed by atoms with van der Waals surface area (Å²) in [7, 11) is 0. The molecule has 0 saturated heterocycles. The molecule has 3 aromatic rings. The van der Waals surface area contributed by atoms with Gasteiger partial charge in [0, 0.05) is 12.1 Å². The van der Waals surface area contributed by atoms with E-state index in [4.69, 9.17) is 0 Å². The Hall–Kier alpha value is -3.01. The van der Waals surface area contributed by atoms with Crippen LogP contribution in [0, 0.1) is 0 Å². The molecule has 108 valence electrons. The van der Waals surface area contributed by atoms with Crippen molar-refractivity contribution in [3.05, 3.63) is 59.7 Å². The fraction of sp³-hybridized carbons (Fsp3) is 0.0556. The van der Waals surface area contributed by atoms with Gasteiger partial charge in [-0.05, 0) is 57.8 Å². The number of nitrogens with one attached hydrogen (secondary N) is 1. The number of carbonyl (C=O) groups is 1. The van der Waals surface area contributed by atoms with Gasteiger partial charge in [0.05, 0.1) is 0 Å². The van der Waals surface area contributed by atoms with Crippen LogP contribution in [0.15, 0.2) is 48.5 Å². The maximum Gasteiger partial charge on any atom is 0.251 e. The molecule has 4 rings (SSSR count). The highest BCUT2D eigenvalue weighted by molar-refractivity contribution is 6.09. The quantitative estimate of drug-likeness (QED) is 0.645. The molecule has 0 saturated carbocycles. The van der Waals surface area contributed by atoms with E-state index in [1.54, 1.807) is 30.3 Å². The van der Waals surface area contributed by atoms with Gasteiger partial charge in [0.15, 0.2) is 0 Å². The first-order chi connectivity index (χ1) is 10.6. The fourth-order valence-electron chi connectivity index (χ4n) is 3.03. The lowest BCUT2D eigenvalue weighted by molar-refractivity contribution is 0.0966. The molecule has 3 aromatic carbocycles. The summed E-state index contributed by atoms with van der Waals surface area (Å²) in [6.45, 7) is 0.468. The molecule has 4 nitrogen and oxygen atoms in total. The number of amides is 1. The van der Waals surface area contributed by atoms with Gasteiger partial charge in [-0.1, -0.05) is 18.2 Å². The molecule has 1 aliphatic rings. The summed E-state index contributed by atoms with van der Waals surface area (Å²) in [5.41, 5.74) is 3.42. The van der Waals surface area contributed by atoms with Crippen molar-refractivity contribution in [1.29, 1.82) is 0 Å². The number of phenols is 2. The van der Waals surface area contributed by atoms with E-state index in [0.717, 1.165) is 27.5 Å². The largest absolute Gasteiger partial charge is 0.508 e. The molecule has 0 bridgehead atoms. The van der Waals surface area contributed by atoms with Crippen molar-refractivity contribution in [1.82, 2.24) is 5.32 Å². The number of phenolic OH excluding ortho intramolecular Hbond substituents is 2. The topological polar surface area (TPSA) is 69.6 Å². The molecule has 0 atom stereocenters. The van der Waals surface area contributed by atoms with Crippen LogP contribution in [0.4, 0.5) is 0 Å². The van der Waals surface area contributed by atoms with Gasteiger partial charge in [0.2, 0.25) is 0 Å². The maximum absolute atomic E-state index is 12.0. The zero-order chi connectivity index (χ0) is 15.3. The molecular weight excluding hydrogens is 278 g/mol. The van der Waals surface area contributed by atoms with Crippen LogP contribution in [-0.2, 0) is 6.54 Å². The van der Waals surface area contributed by atoms with Crippen LogP contribution >= 0.6 is 0 Å². The number of carbonyl (C=O) groups excluding carboxylic acids is 1. The van der Waals surface area contributed by atoms with Gasteiger partial charge in [-0.3, -0.25) is 4.79 Å². The van der Waals surface area contributed by atoms with Crippen molar-refractivity contribution in [2.75, 3.05) is 0 Å². The average molecular weight is 291 g/mol. The predicted molar refractivity (Wildman–Crippen MR) is 83.9 cm³/mol. The highest BCUT2D eigenvalue weighted by Gasteiger charge is 2.24. The second kappa shape index (κ2) is 4.49. The van der Waals surface area contributed by atoms with Gasteiger partial charge < -0.3 is 15.5 Å². The second-order valence-electron chi connectivity index (χ2n) is 5.41. The summed E-state index contributed by atoms with van der Waals surface area (Å²) in [6, 6.07) is 13.9. The van der Waals surface area contributed by atoms with Gasteiger partial charge in [0.1, 0.15) is 11.5 Å². The van der Waals surface area contributed by atoms with E-state index in [9.17, 15) is 15.0 Å². The van der Waals surface area contributed by atoms with Crippen LogP contribution in [0.2, 0.25) is 0 Å². The third kappa shape index (κ3) is 1.81. The third-order valence-electron chi connectivity index (χ3n) is 4.06. The van der Waals surface area contributed by atoms with E-state index >= 15 is 0 Å². The van der Waals surface area contributed by atoms with Crippen LogP contribution in [0.3, 0.4) is 0 Å². The first kappa shape index (κ1) is 12.7. The number of rotatable bonds is 1. The molecule has 0 aliphatic carbocycles. The lowest BCUT2D eigenvalue weighted by Crippen LogP contribution is -2.12. The Morgan fingerprint density at radius 3 is 2.41 bits per heavy atom. The van der Waals surface area contributed by atoms with Gasteiger partial charge in [0.25, 0.3) is 5.91 Å². The molecule has 0 aromatic heterocycles. The number of fused-ring (bicyclic) bond motifs is 2. The van der Waals surface area contributed by atoms with Crippen LogP contribution in [0.1, 0.15) is 15.9 Å². The van der Waals surface area contributed by atoms with Crippen LogP contribution < -0.4 is 5.32 Å². The van der Waals surface area contributed by atoms with E-state index in [2.05, 4.69) is 5.32 Å². The average Bonchev–Trinajstić information content (AvgIpc) is 2.87. The molecule has 0 unspecified atom stereocenters. The SMILES string of the molecule is O=C1NCc2c1cc1ccc(O)cc1c2-c1ccc(O)cc1. The standard InChI is InChI=1S/C18H13NO3/c20-12-4-1-10(2-5-12)17-14-8-13(21)6-3-11(14)7-15-16(17)9-19-18(15)22/h1-8,20-21H,9H2,(H,19,22). The summed E-state index contributed by atoms with van der Waals surface area (Å²) in [5.74, 6) is 0.299. The van der Waals surface area contributed by atoms with E-state index in [1.807, 2.05) is 18.2 Å². The predicted octanol–water partition coefficient (Wildman–Crippen LogP) is 3.16. The van der Waals surface area contributed by atoms with Crippen molar-refractivity contribution >= 4 is 16.7 Å². The Balaban J connectivity index is 2.12. The summed E-state index contributed by atoms with van der Waals surface area (Å²) in [6.07, 6.45) is 0. The summed E-state index contributed by atoms with van der Waals surface area (Å²) >= 11 is 0. The van der Waals surface area contributed by atoms with E-state index in [-0.39, 0.29) is 17.4 Å². The molecule has 22 heavy (non-hydrogen) atoms. The summed E-state index contributed by atoms with van der Waals surface area (Å²) in [4.78, 5) is 12.0. The van der Waals surface area contributed by atoms with Gasteiger partial charge in [-0.15, -0.1) is 0 Å². The van der Waals surface area contributed by atoms with Crippen molar-refractivity contribution in [3.63, 3.8) is 0 Å². The first-order valence-corrected chi connectivity index (χ1v) is 7.00. The molecule has 0 fully saturated rings. The fourth-order valence-corrected chi connectivity index (χ4v) is 3.03. The Bertz CT molecular complexity index is 914. The van der Waals surface area contributed by atoms with Gasteiger partial charge in [-0.2, -0.15) is 0 Å². The van der Waals surface area contributed by atoms with Crippen LogP contribution in [0.25, 0.3) is 21.9 Å². The minimum atomic E-state index is -0.0787. The molecule has 0 spiro atoms. The molecule has 1 aliphatic heterocycles. The number of aromatic hydroxyl groups is 2. The Morgan fingerprint density at radius 1 is 0.909 bits per heavy atom. The van der Waals surface area contributed by atoms with Crippen molar-refractivity contribution < 1.29 is 15.0 Å². The van der Waals surface area contributed by atoms with Crippen molar-refractivity contribution in [2.24, 2.45) is 0 Å². The molecular formula is C18H13NO3. The highest BCUT2D eigenvalue weighted by atomic mass is 16.3. The normalized spacial score (nSPS) is 13.2. The summed E-state index contributed by atoms with van der Waals surface area (Å²) in [5, 5.41) is 23.9. The smallest absolute Gasteiger partial charge is 0.251 e. The minimum absolute atomic E-state index is 0.0787. The van der Waals surface area contributed by atoms with Crippen LogP contribution in [0.5, 0.6) is 11.5 Å². The van der Waals surface area contributed by atoms with E-state index in [1.165, 1.54) is 0 Å². The molecule has 1 heterocycles. The number of benzene rings is 3. The Morgan fingerprint density at radius 2 is 1.64 bits per heavy atom. The third-order valence-corrected chi connectivity index (χ3v) is 4.06. The Labute approximate surface area is 126 Å². The first-order valence-electron chi connectivity index (χ1n) is 7.00. The van der Waals surface area contributed by atoms with E-state index < -0.39 is 0 Å². The minimum Gasteiger partial charge on any atom is -0.508 e. The van der Waals surface area contributed by atoms with Crippen molar-refractivity contribution in [3.8, 4) is 22.6 Å².